The molecule has 0 spiro atoms. The first-order chi connectivity index (χ1) is 17.2. The third kappa shape index (κ3) is 17.5. The van der Waals surface area contributed by atoms with Gasteiger partial charge in [0.1, 0.15) is 0 Å². The van der Waals surface area contributed by atoms with Gasteiger partial charge in [-0.15, -0.1) is 24.6 Å². The van der Waals surface area contributed by atoms with Gasteiger partial charge in [0.25, 0.3) is 5.91 Å². The molecule has 1 amide bonds. The molecule has 0 unspecified atom stereocenters. The second-order valence-corrected chi connectivity index (χ2v) is 11.4. The van der Waals surface area contributed by atoms with Crippen LogP contribution in [0.15, 0.2) is 58.2 Å². The Balaban J connectivity index is 0. The normalized spacial score (nSPS) is 11.1. The molecule has 0 heterocycles. The zero-order valence-corrected chi connectivity index (χ0v) is 25.6. The maximum absolute atomic E-state index is 13.4. The van der Waals surface area contributed by atoms with Crippen LogP contribution in [-0.4, -0.2) is 36.3 Å². The SMILES string of the molecule is C#C.C/C=C(\SCNCC)Sc1ccc(C)c(C(=O)N(CCC(C)C)CCC(C)C)c1.C=C/C=C\C. The molecule has 5 heteroatoms. The number of thioether (sulfide) groups is 2. The van der Waals surface area contributed by atoms with Crippen LogP contribution in [0.4, 0.5) is 0 Å². The Hall–Kier alpha value is -1.87. The lowest BCUT2D eigenvalue weighted by molar-refractivity contribution is 0.0740. The van der Waals surface area contributed by atoms with E-state index >= 15 is 0 Å². The second-order valence-electron chi connectivity index (χ2n) is 9.00. The molecule has 0 radical (unpaired) electrons. The minimum atomic E-state index is 0.175. The Morgan fingerprint density at radius 1 is 1.11 bits per heavy atom. The second kappa shape index (κ2) is 23.5. The quantitative estimate of drug-likeness (QED) is 0.0856. The van der Waals surface area contributed by atoms with Gasteiger partial charge < -0.3 is 10.2 Å². The smallest absolute Gasteiger partial charge is 0.254 e. The minimum Gasteiger partial charge on any atom is -0.339 e. The van der Waals surface area contributed by atoms with Crippen LogP contribution < -0.4 is 5.32 Å². The summed E-state index contributed by atoms with van der Waals surface area (Å²) >= 11 is 3.55. The lowest BCUT2D eigenvalue weighted by atomic mass is 10.0. The van der Waals surface area contributed by atoms with Gasteiger partial charge >= 0.3 is 0 Å². The van der Waals surface area contributed by atoms with E-state index < -0.39 is 0 Å². The molecule has 0 bridgehead atoms. The van der Waals surface area contributed by atoms with Gasteiger partial charge in [-0.25, -0.2) is 0 Å². The fourth-order valence-electron chi connectivity index (χ4n) is 2.86. The molecule has 0 aliphatic heterocycles. The number of allylic oxidation sites excluding steroid dienone is 4. The van der Waals surface area contributed by atoms with Crippen molar-refractivity contribution in [2.24, 2.45) is 11.8 Å². The number of nitrogens with zero attached hydrogens (tertiary/aromatic N) is 1. The molecule has 1 aromatic rings. The molecule has 0 aromatic heterocycles. The van der Waals surface area contributed by atoms with Crippen molar-refractivity contribution < 1.29 is 4.79 Å². The van der Waals surface area contributed by atoms with Gasteiger partial charge in [0, 0.05) is 33.7 Å². The molecule has 0 atom stereocenters. The van der Waals surface area contributed by atoms with Crippen molar-refractivity contribution in [2.75, 3.05) is 25.5 Å². The third-order valence-electron chi connectivity index (χ3n) is 5.03. The summed E-state index contributed by atoms with van der Waals surface area (Å²) in [6, 6.07) is 6.29. The van der Waals surface area contributed by atoms with E-state index in [0.717, 1.165) is 54.4 Å². The molecule has 0 saturated heterocycles. The van der Waals surface area contributed by atoms with Crippen LogP contribution >= 0.6 is 23.5 Å². The summed E-state index contributed by atoms with van der Waals surface area (Å²) in [6.45, 7) is 23.2. The molecule has 202 valence electrons. The van der Waals surface area contributed by atoms with Crippen LogP contribution in [0.5, 0.6) is 0 Å². The molecule has 1 rings (SSSR count). The van der Waals surface area contributed by atoms with Gasteiger partial charge in [0.05, 0.1) is 0 Å². The number of rotatable bonds is 14. The lowest BCUT2D eigenvalue weighted by Crippen LogP contribution is -2.34. The summed E-state index contributed by atoms with van der Waals surface area (Å²) in [7, 11) is 0. The summed E-state index contributed by atoms with van der Waals surface area (Å²) in [5, 5.41) is 3.35. The van der Waals surface area contributed by atoms with E-state index in [4.69, 9.17) is 0 Å². The Kier molecular flexibility index (Phi) is 23.7. The minimum absolute atomic E-state index is 0.175. The highest BCUT2D eigenvalue weighted by molar-refractivity contribution is 8.22. The number of terminal acetylenes is 1. The molecule has 1 aromatic carbocycles. The van der Waals surface area contributed by atoms with Crippen molar-refractivity contribution in [3.05, 3.63) is 64.4 Å². The average Bonchev–Trinajstić information content (AvgIpc) is 2.86. The zero-order valence-electron chi connectivity index (χ0n) is 24.0. The number of carbonyl (C=O) groups is 1. The zero-order chi connectivity index (χ0) is 27.9. The lowest BCUT2D eigenvalue weighted by Gasteiger charge is -2.25. The predicted molar refractivity (Wildman–Crippen MR) is 167 cm³/mol. The van der Waals surface area contributed by atoms with Gasteiger partial charge in [-0.2, -0.15) is 0 Å². The van der Waals surface area contributed by atoms with Crippen molar-refractivity contribution in [2.45, 2.75) is 73.1 Å². The molecular weight excluding hydrogens is 480 g/mol. The van der Waals surface area contributed by atoms with Crippen molar-refractivity contribution in [1.82, 2.24) is 10.2 Å². The number of carbonyl (C=O) groups excluding carboxylic acids is 1. The maximum atomic E-state index is 13.4. The van der Waals surface area contributed by atoms with Crippen LogP contribution in [0.25, 0.3) is 0 Å². The van der Waals surface area contributed by atoms with Crippen LogP contribution in [0.1, 0.15) is 77.2 Å². The monoisotopic (exact) mass is 530 g/mol. The van der Waals surface area contributed by atoms with E-state index in [9.17, 15) is 4.79 Å². The Morgan fingerprint density at radius 2 is 1.69 bits per heavy atom. The van der Waals surface area contributed by atoms with Crippen LogP contribution in [-0.2, 0) is 0 Å². The van der Waals surface area contributed by atoms with Crippen LogP contribution in [0.2, 0.25) is 0 Å². The number of aryl methyl sites for hydroxylation is 1. The number of nitrogens with one attached hydrogen (secondary N) is 1. The Labute approximate surface area is 231 Å². The van der Waals surface area contributed by atoms with Crippen molar-refractivity contribution >= 4 is 29.4 Å². The number of hydrogen-bond donors (Lipinski definition) is 1. The maximum Gasteiger partial charge on any atom is 0.254 e. The number of amides is 1. The average molecular weight is 531 g/mol. The topological polar surface area (TPSA) is 32.3 Å². The predicted octanol–water partition coefficient (Wildman–Crippen LogP) is 8.78. The molecular formula is C31H50N2OS2. The Morgan fingerprint density at radius 3 is 2.11 bits per heavy atom. The van der Waals surface area contributed by atoms with E-state index in [0.29, 0.717) is 11.8 Å². The van der Waals surface area contributed by atoms with Crippen molar-refractivity contribution in [3.63, 3.8) is 0 Å². The van der Waals surface area contributed by atoms with Crippen molar-refractivity contribution in [1.29, 1.82) is 0 Å². The van der Waals surface area contributed by atoms with E-state index in [1.54, 1.807) is 29.6 Å². The van der Waals surface area contributed by atoms with Crippen molar-refractivity contribution in [3.8, 4) is 12.8 Å². The fraction of sp³-hybridized carbons (Fsp3) is 0.516. The molecule has 0 aliphatic rings. The van der Waals surface area contributed by atoms with Gasteiger partial charge in [0.2, 0.25) is 0 Å². The van der Waals surface area contributed by atoms with Gasteiger partial charge in [-0.05, 0) is 69.7 Å². The molecule has 0 aliphatic carbocycles. The van der Waals surface area contributed by atoms with Crippen LogP contribution in [0, 0.1) is 31.6 Å². The number of hydrogen-bond acceptors (Lipinski definition) is 4. The van der Waals surface area contributed by atoms with E-state index in [2.05, 4.69) is 95.5 Å². The molecule has 1 N–H and O–H groups in total. The van der Waals surface area contributed by atoms with Gasteiger partial charge in [-0.1, -0.05) is 83.3 Å². The van der Waals surface area contributed by atoms with E-state index in [1.807, 2.05) is 26.0 Å². The summed E-state index contributed by atoms with van der Waals surface area (Å²) in [4.78, 5) is 16.6. The number of benzene rings is 1. The van der Waals surface area contributed by atoms with Gasteiger partial charge in [0.15, 0.2) is 0 Å². The highest BCUT2D eigenvalue weighted by Crippen LogP contribution is 2.35. The summed E-state index contributed by atoms with van der Waals surface area (Å²) in [5.41, 5.74) is 1.90. The Bertz CT molecular complexity index is 798. The molecule has 0 fully saturated rings. The first-order valence-corrected chi connectivity index (χ1v) is 14.6. The summed E-state index contributed by atoms with van der Waals surface area (Å²) in [6.07, 6.45) is 17.8. The third-order valence-corrected chi connectivity index (χ3v) is 7.43. The van der Waals surface area contributed by atoms with Crippen LogP contribution in [0.3, 0.4) is 0 Å². The first-order valence-electron chi connectivity index (χ1n) is 12.8. The summed E-state index contributed by atoms with van der Waals surface area (Å²) < 4.78 is 1.25. The fourth-order valence-corrected chi connectivity index (χ4v) is 4.84. The van der Waals surface area contributed by atoms with Gasteiger partial charge in [-0.3, -0.25) is 4.79 Å². The standard InChI is InChI=1S/C24H40N2OS2.C5H8.C2H2/c1-8-23(28-17-25-9-2)29-21-11-10-20(7)22(16-21)24(27)26(14-12-18(3)4)15-13-19(5)6;1-3-5-4-2;1-2/h8,10-11,16,18-19,25H,9,12-15,17H2,1-7H3;3-5H,1H2,2H3;1-2H/b23-8+;5-4-;. The van der Waals surface area contributed by atoms with E-state index in [1.165, 1.54) is 4.24 Å². The molecule has 36 heavy (non-hydrogen) atoms. The molecule has 3 nitrogen and oxygen atoms in total. The summed E-state index contributed by atoms with van der Waals surface area (Å²) in [5.74, 6) is 2.27. The largest absolute Gasteiger partial charge is 0.339 e. The molecule has 0 saturated carbocycles. The highest BCUT2D eigenvalue weighted by atomic mass is 32.2. The first kappa shape index (κ1) is 36.3. The van der Waals surface area contributed by atoms with E-state index in [-0.39, 0.29) is 5.91 Å². The highest BCUT2D eigenvalue weighted by Gasteiger charge is 2.19.